The van der Waals surface area contributed by atoms with E-state index >= 15 is 0 Å². The number of aromatic nitrogens is 4. The minimum atomic E-state index is 0.995. The molecular formula is C17H12N4S. The highest BCUT2D eigenvalue weighted by molar-refractivity contribution is 7.19. The highest BCUT2D eigenvalue weighted by Gasteiger charge is 2.00. The molecule has 0 unspecified atom stereocenters. The third kappa shape index (κ3) is 2.54. The molecular weight excluding hydrogens is 292 g/mol. The molecule has 0 aliphatic rings. The molecule has 0 N–H and O–H groups in total. The van der Waals surface area contributed by atoms with Crippen LogP contribution in [-0.4, -0.2) is 19.7 Å². The second kappa shape index (κ2) is 5.54. The van der Waals surface area contributed by atoms with E-state index in [1.807, 2.05) is 30.3 Å². The fourth-order valence-corrected chi connectivity index (χ4v) is 3.08. The number of thiazole rings is 1. The Morgan fingerprint density at radius 1 is 0.955 bits per heavy atom. The second-order valence-electron chi connectivity index (χ2n) is 4.78. The first-order chi connectivity index (χ1) is 10.9. The topological polar surface area (TPSA) is 43.6 Å². The zero-order chi connectivity index (χ0) is 14.8. The molecule has 0 aliphatic heterocycles. The molecule has 0 atom stereocenters. The van der Waals surface area contributed by atoms with Gasteiger partial charge in [0.1, 0.15) is 17.7 Å². The van der Waals surface area contributed by atoms with E-state index in [-0.39, 0.29) is 0 Å². The van der Waals surface area contributed by atoms with E-state index in [1.165, 1.54) is 11.0 Å². The third-order valence-corrected chi connectivity index (χ3v) is 4.31. The summed E-state index contributed by atoms with van der Waals surface area (Å²) in [6.45, 7) is 0. The number of hydrogen-bond acceptors (Lipinski definition) is 4. The first-order valence-corrected chi connectivity index (χ1v) is 7.69. The van der Waals surface area contributed by atoms with Crippen molar-refractivity contribution >= 4 is 33.7 Å². The Kier molecular flexibility index (Phi) is 3.25. The molecule has 106 valence electrons. The lowest BCUT2D eigenvalue weighted by Gasteiger charge is -2.00. The Labute approximate surface area is 131 Å². The molecule has 0 amide bonds. The number of hydrogen-bond donors (Lipinski definition) is 0. The fourth-order valence-electron chi connectivity index (χ4n) is 2.21. The Hall–Kier alpha value is -2.79. The first-order valence-electron chi connectivity index (χ1n) is 6.87. The summed E-state index contributed by atoms with van der Waals surface area (Å²) < 4.78 is 2.95. The Morgan fingerprint density at radius 3 is 2.59 bits per heavy atom. The number of benzene rings is 2. The maximum absolute atomic E-state index is 4.60. The zero-order valence-corrected chi connectivity index (χ0v) is 12.4. The highest BCUT2D eigenvalue weighted by atomic mass is 32.1. The Bertz CT molecular complexity index is 888. The average molecular weight is 304 g/mol. The second-order valence-corrected chi connectivity index (χ2v) is 5.85. The van der Waals surface area contributed by atoms with Gasteiger partial charge in [-0.2, -0.15) is 5.10 Å². The molecule has 0 saturated heterocycles. The normalized spacial score (nSPS) is 11.5. The molecule has 0 aliphatic carbocycles. The zero-order valence-electron chi connectivity index (χ0n) is 11.6. The quantitative estimate of drug-likeness (QED) is 0.573. The van der Waals surface area contributed by atoms with Crippen molar-refractivity contribution < 1.29 is 0 Å². The Morgan fingerprint density at radius 2 is 1.82 bits per heavy atom. The standard InChI is InChI=1S/C17H12N4S/c1-2-4-16-15(3-1)20-17(22-16)10-7-13-5-8-14(9-6-13)21-12-18-11-19-21/h1-12H/b10-7+. The summed E-state index contributed by atoms with van der Waals surface area (Å²) in [6, 6.07) is 16.3. The number of para-hydroxylation sites is 1. The van der Waals surface area contributed by atoms with Crippen molar-refractivity contribution in [3.05, 3.63) is 71.8 Å². The molecule has 0 radical (unpaired) electrons. The van der Waals surface area contributed by atoms with Gasteiger partial charge in [-0.25, -0.2) is 14.6 Å². The third-order valence-electron chi connectivity index (χ3n) is 3.31. The summed E-state index contributed by atoms with van der Waals surface area (Å²) in [5, 5.41) is 5.13. The molecule has 22 heavy (non-hydrogen) atoms. The molecule has 4 rings (SSSR count). The molecule has 5 heteroatoms. The molecule has 0 bridgehead atoms. The average Bonchev–Trinajstić information content (AvgIpc) is 3.22. The van der Waals surface area contributed by atoms with Gasteiger partial charge in [-0.05, 0) is 35.9 Å². The summed E-state index contributed by atoms with van der Waals surface area (Å²) in [5.41, 5.74) is 3.17. The lowest BCUT2D eigenvalue weighted by molar-refractivity contribution is 0.879. The molecule has 0 spiro atoms. The Balaban J connectivity index is 1.57. The largest absolute Gasteiger partial charge is 0.237 e. The predicted octanol–water partition coefficient (Wildman–Crippen LogP) is 4.05. The van der Waals surface area contributed by atoms with Gasteiger partial charge in [-0.1, -0.05) is 30.3 Å². The molecule has 2 heterocycles. The molecule has 4 aromatic rings. The van der Waals surface area contributed by atoms with Crippen LogP contribution < -0.4 is 0 Å². The van der Waals surface area contributed by atoms with Crippen LogP contribution in [0.4, 0.5) is 0 Å². The van der Waals surface area contributed by atoms with Crippen LogP contribution in [0.25, 0.3) is 28.1 Å². The summed E-state index contributed by atoms with van der Waals surface area (Å²) in [4.78, 5) is 8.54. The fraction of sp³-hybridized carbons (Fsp3) is 0. The lowest BCUT2D eigenvalue weighted by Crippen LogP contribution is -1.93. The highest BCUT2D eigenvalue weighted by Crippen LogP contribution is 2.23. The summed E-state index contributed by atoms with van der Waals surface area (Å²) >= 11 is 1.70. The van der Waals surface area contributed by atoms with Crippen molar-refractivity contribution in [2.75, 3.05) is 0 Å². The number of fused-ring (bicyclic) bond motifs is 1. The van der Waals surface area contributed by atoms with Crippen LogP contribution in [0, 0.1) is 0 Å². The number of rotatable bonds is 3. The minimum Gasteiger partial charge on any atom is -0.237 e. The van der Waals surface area contributed by atoms with Crippen LogP contribution in [-0.2, 0) is 0 Å². The monoisotopic (exact) mass is 304 g/mol. The summed E-state index contributed by atoms with van der Waals surface area (Å²) in [7, 11) is 0. The van der Waals surface area contributed by atoms with Gasteiger partial charge in [0.2, 0.25) is 0 Å². The van der Waals surface area contributed by atoms with Gasteiger partial charge in [0.05, 0.1) is 15.9 Å². The van der Waals surface area contributed by atoms with E-state index in [2.05, 4.69) is 45.4 Å². The number of nitrogens with zero attached hydrogens (tertiary/aromatic N) is 4. The lowest BCUT2D eigenvalue weighted by atomic mass is 10.2. The van der Waals surface area contributed by atoms with Crippen LogP contribution in [0.3, 0.4) is 0 Å². The van der Waals surface area contributed by atoms with Crippen LogP contribution in [0.1, 0.15) is 10.6 Å². The smallest absolute Gasteiger partial charge is 0.138 e. The van der Waals surface area contributed by atoms with Crippen LogP contribution >= 0.6 is 11.3 Å². The van der Waals surface area contributed by atoms with Crippen molar-refractivity contribution in [2.24, 2.45) is 0 Å². The van der Waals surface area contributed by atoms with Gasteiger partial charge in [-0.3, -0.25) is 0 Å². The van der Waals surface area contributed by atoms with E-state index in [0.717, 1.165) is 21.8 Å². The van der Waals surface area contributed by atoms with Gasteiger partial charge in [0.25, 0.3) is 0 Å². The molecule has 2 aromatic heterocycles. The van der Waals surface area contributed by atoms with Crippen molar-refractivity contribution in [1.29, 1.82) is 0 Å². The van der Waals surface area contributed by atoms with Gasteiger partial charge in [0, 0.05) is 0 Å². The van der Waals surface area contributed by atoms with Gasteiger partial charge in [0.15, 0.2) is 0 Å². The summed E-state index contributed by atoms with van der Waals surface area (Å²) in [6.07, 6.45) is 7.34. The molecule has 4 nitrogen and oxygen atoms in total. The van der Waals surface area contributed by atoms with E-state index in [0.29, 0.717) is 0 Å². The van der Waals surface area contributed by atoms with E-state index in [4.69, 9.17) is 0 Å². The van der Waals surface area contributed by atoms with Gasteiger partial charge in [-0.15, -0.1) is 11.3 Å². The maximum atomic E-state index is 4.60. The van der Waals surface area contributed by atoms with E-state index < -0.39 is 0 Å². The van der Waals surface area contributed by atoms with Crippen LogP contribution in [0.5, 0.6) is 0 Å². The van der Waals surface area contributed by atoms with Crippen molar-refractivity contribution in [3.8, 4) is 5.69 Å². The summed E-state index contributed by atoms with van der Waals surface area (Å²) in [5.74, 6) is 0. The van der Waals surface area contributed by atoms with E-state index in [9.17, 15) is 0 Å². The van der Waals surface area contributed by atoms with Gasteiger partial charge < -0.3 is 0 Å². The predicted molar refractivity (Wildman–Crippen MR) is 89.9 cm³/mol. The molecule has 0 fully saturated rings. The van der Waals surface area contributed by atoms with E-state index in [1.54, 1.807) is 22.3 Å². The maximum Gasteiger partial charge on any atom is 0.138 e. The minimum absolute atomic E-state index is 0.995. The molecule has 0 saturated carbocycles. The van der Waals surface area contributed by atoms with Crippen LogP contribution in [0.2, 0.25) is 0 Å². The van der Waals surface area contributed by atoms with Crippen molar-refractivity contribution in [1.82, 2.24) is 19.7 Å². The van der Waals surface area contributed by atoms with Crippen molar-refractivity contribution in [2.45, 2.75) is 0 Å². The molecule has 2 aromatic carbocycles. The van der Waals surface area contributed by atoms with Crippen molar-refractivity contribution in [3.63, 3.8) is 0 Å². The van der Waals surface area contributed by atoms with Gasteiger partial charge >= 0.3 is 0 Å². The van der Waals surface area contributed by atoms with Crippen LogP contribution in [0.15, 0.2) is 61.2 Å². The first kappa shape index (κ1) is 12.9. The SMILES string of the molecule is C(=C\c1nc2ccccc2s1)/c1ccc(-n2cncn2)cc1.